The second-order valence-electron chi connectivity index (χ2n) is 5.64. The fraction of sp³-hybridized carbons (Fsp3) is 0.471. The lowest BCUT2D eigenvalue weighted by Gasteiger charge is -2.18. The predicted molar refractivity (Wildman–Crippen MR) is 82.1 cm³/mol. The average molecular weight is 274 g/mol. The fourth-order valence-electron chi connectivity index (χ4n) is 2.93. The Balaban J connectivity index is 2.19. The molecular formula is C17H20ClN. The third-order valence-electron chi connectivity index (χ3n) is 4.40. The Morgan fingerprint density at radius 1 is 1.26 bits per heavy atom. The summed E-state index contributed by atoms with van der Waals surface area (Å²) in [5.74, 6) is 0.580. The zero-order valence-electron chi connectivity index (χ0n) is 11.7. The number of aryl methyl sites for hydroxylation is 1. The number of nitrogens with zero attached hydrogens (tertiary/aromatic N) is 1. The van der Waals surface area contributed by atoms with E-state index < -0.39 is 0 Å². The molecule has 0 saturated carbocycles. The standard InChI is InChI=1S/C17H20ClN/c1-3-11(2)12-8-9-16-14(10-12)17(18)13-6-4-5-7-15(13)19-16/h8-11H,3-7H2,1-2H3. The van der Waals surface area contributed by atoms with Crippen LogP contribution in [0.4, 0.5) is 0 Å². The summed E-state index contributed by atoms with van der Waals surface area (Å²) in [4.78, 5) is 4.82. The molecule has 0 saturated heterocycles. The molecule has 0 bridgehead atoms. The Kier molecular flexibility index (Phi) is 3.49. The lowest BCUT2D eigenvalue weighted by Crippen LogP contribution is -2.06. The van der Waals surface area contributed by atoms with Gasteiger partial charge in [0.05, 0.1) is 10.5 Å². The van der Waals surface area contributed by atoms with Crippen molar-refractivity contribution >= 4 is 22.5 Å². The van der Waals surface area contributed by atoms with Crippen molar-refractivity contribution in [2.45, 2.75) is 51.9 Å². The van der Waals surface area contributed by atoms with Crippen LogP contribution in [-0.4, -0.2) is 4.98 Å². The van der Waals surface area contributed by atoms with Gasteiger partial charge in [-0.25, -0.2) is 0 Å². The van der Waals surface area contributed by atoms with Gasteiger partial charge in [0, 0.05) is 11.1 Å². The summed E-state index contributed by atoms with van der Waals surface area (Å²) in [5.41, 5.74) is 4.94. The first-order chi connectivity index (χ1) is 9.20. The molecule has 1 aliphatic rings. The quantitative estimate of drug-likeness (QED) is 0.725. The Morgan fingerprint density at radius 3 is 2.84 bits per heavy atom. The van der Waals surface area contributed by atoms with E-state index in [-0.39, 0.29) is 0 Å². The van der Waals surface area contributed by atoms with Crippen LogP contribution in [0.15, 0.2) is 18.2 Å². The number of aromatic nitrogens is 1. The fourth-order valence-corrected chi connectivity index (χ4v) is 3.28. The predicted octanol–water partition coefficient (Wildman–Crippen LogP) is 5.28. The Morgan fingerprint density at radius 2 is 2.05 bits per heavy atom. The van der Waals surface area contributed by atoms with Crippen LogP contribution < -0.4 is 0 Å². The summed E-state index contributed by atoms with van der Waals surface area (Å²) in [5, 5.41) is 2.09. The SMILES string of the molecule is CCC(C)c1ccc2nc3c(c(Cl)c2c1)CCCC3. The maximum absolute atomic E-state index is 6.64. The maximum atomic E-state index is 6.64. The molecule has 0 N–H and O–H groups in total. The number of hydrogen-bond acceptors (Lipinski definition) is 1. The third-order valence-corrected chi connectivity index (χ3v) is 4.83. The van der Waals surface area contributed by atoms with Crippen molar-refractivity contribution in [2.24, 2.45) is 0 Å². The first-order valence-electron chi connectivity index (χ1n) is 7.31. The molecule has 3 rings (SSSR count). The van der Waals surface area contributed by atoms with E-state index in [0.717, 1.165) is 35.2 Å². The highest BCUT2D eigenvalue weighted by molar-refractivity contribution is 6.36. The lowest BCUT2D eigenvalue weighted by atomic mass is 9.92. The summed E-state index contributed by atoms with van der Waals surface area (Å²) in [6, 6.07) is 6.58. The topological polar surface area (TPSA) is 12.9 Å². The minimum Gasteiger partial charge on any atom is -0.252 e. The van der Waals surface area contributed by atoms with E-state index in [0.29, 0.717) is 5.92 Å². The summed E-state index contributed by atoms with van der Waals surface area (Å²) in [7, 11) is 0. The number of benzene rings is 1. The molecule has 0 fully saturated rings. The van der Waals surface area contributed by atoms with Crippen molar-refractivity contribution in [1.29, 1.82) is 0 Å². The van der Waals surface area contributed by atoms with Crippen LogP contribution in [0, 0.1) is 0 Å². The van der Waals surface area contributed by atoms with Gasteiger partial charge in [-0.3, -0.25) is 4.98 Å². The number of halogens is 1. The molecule has 100 valence electrons. The monoisotopic (exact) mass is 273 g/mol. The van der Waals surface area contributed by atoms with Crippen molar-refractivity contribution < 1.29 is 0 Å². The summed E-state index contributed by atoms with van der Waals surface area (Å²) in [6.07, 6.45) is 5.81. The zero-order chi connectivity index (χ0) is 13.4. The van der Waals surface area contributed by atoms with Gasteiger partial charge >= 0.3 is 0 Å². The highest BCUT2D eigenvalue weighted by Crippen LogP contribution is 2.34. The zero-order valence-corrected chi connectivity index (χ0v) is 12.4. The molecule has 1 aromatic heterocycles. The Bertz CT molecular complexity index is 618. The Labute approximate surface area is 120 Å². The van der Waals surface area contributed by atoms with Crippen LogP contribution in [0.2, 0.25) is 5.02 Å². The van der Waals surface area contributed by atoms with Gasteiger partial charge in [0.1, 0.15) is 0 Å². The number of rotatable bonds is 2. The number of fused-ring (bicyclic) bond motifs is 2. The summed E-state index contributed by atoms with van der Waals surface area (Å²) in [6.45, 7) is 4.49. The van der Waals surface area contributed by atoms with Crippen LogP contribution in [0.25, 0.3) is 10.9 Å². The van der Waals surface area contributed by atoms with Gasteiger partial charge in [0.15, 0.2) is 0 Å². The molecule has 0 spiro atoms. The summed E-state index contributed by atoms with van der Waals surface area (Å²) >= 11 is 6.64. The highest BCUT2D eigenvalue weighted by atomic mass is 35.5. The van der Waals surface area contributed by atoms with E-state index >= 15 is 0 Å². The molecule has 2 aromatic rings. The molecule has 2 heteroatoms. The van der Waals surface area contributed by atoms with E-state index in [1.54, 1.807) is 0 Å². The largest absolute Gasteiger partial charge is 0.252 e. The summed E-state index contributed by atoms with van der Waals surface area (Å²) < 4.78 is 0. The van der Waals surface area contributed by atoms with Gasteiger partial charge in [0.25, 0.3) is 0 Å². The Hall–Kier alpha value is -1.08. The van der Waals surface area contributed by atoms with Gasteiger partial charge in [-0.1, -0.05) is 31.5 Å². The average Bonchev–Trinajstić information content (AvgIpc) is 2.46. The van der Waals surface area contributed by atoms with Crippen molar-refractivity contribution in [3.05, 3.63) is 40.0 Å². The van der Waals surface area contributed by atoms with E-state index in [2.05, 4.69) is 32.0 Å². The minimum absolute atomic E-state index is 0.580. The van der Waals surface area contributed by atoms with Crippen LogP contribution in [0.1, 0.15) is 55.8 Å². The van der Waals surface area contributed by atoms with Crippen LogP contribution >= 0.6 is 11.6 Å². The maximum Gasteiger partial charge on any atom is 0.0720 e. The minimum atomic E-state index is 0.580. The molecule has 1 nitrogen and oxygen atoms in total. The lowest BCUT2D eigenvalue weighted by molar-refractivity contribution is 0.671. The van der Waals surface area contributed by atoms with Gasteiger partial charge in [-0.05, 0) is 61.3 Å². The van der Waals surface area contributed by atoms with Crippen LogP contribution in [-0.2, 0) is 12.8 Å². The molecule has 0 radical (unpaired) electrons. The van der Waals surface area contributed by atoms with Crippen molar-refractivity contribution in [1.82, 2.24) is 4.98 Å². The van der Waals surface area contributed by atoms with E-state index in [1.165, 1.54) is 29.7 Å². The van der Waals surface area contributed by atoms with Crippen LogP contribution in [0.3, 0.4) is 0 Å². The van der Waals surface area contributed by atoms with Crippen molar-refractivity contribution in [3.8, 4) is 0 Å². The normalized spacial score (nSPS) is 16.4. The van der Waals surface area contributed by atoms with Gasteiger partial charge < -0.3 is 0 Å². The van der Waals surface area contributed by atoms with Gasteiger partial charge in [-0.2, -0.15) is 0 Å². The number of hydrogen-bond donors (Lipinski definition) is 0. The first kappa shape index (κ1) is 12.9. The van der Waals surface area contributed by atoms with E-state index in [1.807, 2.05) is 0 Å². The van der Waals surface area contributed by atoms with Gasteiger partial charge in [0.2, 0.25) is 0 Å². The second-order valence-corrected chi connectivity index (χ2v) is 6.02. The van der Waals surface area contributed by atoms with Crippen LogP contribution in [0.5, 0.6) is 0 Å². The highest BCUT2D eigenvalue weighted by Gasteiger charge is 2.17. The molecule has 0 amide bonds. The molecular weight excluding hydrogens is 254 g/mol. The molecule has 0 aliphatic heterocycles. The third kappa shape index (κ3) is 2.25. The van der Waals surface area contributed by atoms with Crippen molar-refractivity contribution in [3.63, 3.8) is 0 Å². The van der Waals surface area contributed by atoms with E-state index in [4.69, 9.17) is 16.6 Å². The molecule has 1 unspecified atom stereocenters. The molecule has 1 atom stereocenters. The second kappa shape index (κ2) is 5.13. The van der Waals surface area contributed by atoms with Crippen molar-refractivity contribution in [2.75, 3.05) is 0 Å². The van der Waals surface area contributed by atoms with Gasteiger partial charge in [-0.15, -0.1) is 0 Å². The number of pyridine rings is 1. The molecule has 1 aliphatic carbocycles. The first-order valence-corrected chi connectivity index (χ1v) is 7.69. The van der Waals surface area contributed by atoms with E-state index in [9.17, 15) is 0 Å². The molecule has 19 heavy (non-hydrogen) atoms. The smallest absolute Gasteiger partial charge is 0.0720 e. The molecule has 1 aromatic carbocycles. The molecule has 1 heterocycles.